The van der Waals surface area contributed by atoms with Crippen molar-refractivity contribution in [1.29, 1.82) is 0 Å². The number of nitro benzene ring substituents is 1. The summed E-state index contributed by atoms with van der Waals surface area (Å²) >= 11 is 0. The van der Waals surface area contributed by atoms with Crippen LogP contribution in [0, 0.1) is 10.1 Å². The van der Waals surface area contributed by atoms with Crippen LogP contribution in [0.1, 0.15) is 19.8 Å². The van der Waals surface area contributed by atoms with Gasteiger partial charge in [0.2, 0.25) is 5.91 Å². The highest BCUT2D eigenvalue weighted by Crippen LogP contribution is 2.30. The Kier molecular flexibility index (Phi) is 5.37. The van der Waals surface area contributed by atoms with Crippen molar-refractivity contribution in [3.63, 3.8) is 0 Å². The number of nitrogens with one attached hydrogen (secondary N) is 1. The maximum Gasteiger partial charge on any atom is 0.292 e. The molecule has 25 heavy (non-hydrogen) atoms. The molecular formula is C17H24N4O4. The van der Waals surface area contributed by atoms with Gasteiger partial charge < -0.3 is 19.9 Å². The highest BCUT2D eigenvalue weighted by molar-refractivity contribution is 5.74. The van der Waals surface area contributed by atoms with E-state index in [0.29, 0.717) is 25.3 Å². The normalized spacial score (nSPS) is 20.6. The second kappa shape index (κ2) is 7.69. The molecule has 136 valence electrons. The van der Waals surface area contributed by atoms with Crippen LogP contribution in [0.3, 0.4) is 0 Å². The van der Waals surface area contributed by atoms with Gasteiger partial charge in [0.05, 0.1) is 11.0 Å². The zero-order valence-corrected chi connectivity index (χ0v) is 14.4. The van der Waals surface area contributed by atoms with Crippen molar-refractivity contribution in [2.75, 3.05) is 49.5 Å². The van der Waals surface area contributed by atoms with Crippen LogP contribution in [0.2, 0.25) is 0 Å². The molecule has 0 radical (unpaired) electrons. The molecule has 1 aromatic rings. The summed E-state index contributed by atoms with van der Waals surface area (Å²) in [5.74, 6) is 0.0854. The fourth-order valence-electron chi connectivity index (χ4n) is 3.33. The number of carbonyl (C=O) groups excluding carboxylic acids is 1. The molecule has 2 fully saturated rings. The summed E-state index contributed by atoms with van der Waals surface area (Å²) in [6.45, 7) is 5.70. The summed E-state index contributed by atoms with van der Waals surface area (Å²) in [7, 11) is 0. The van der Waals surface area contributed by atoms with Crippen molar-refractivity contribution in [1.82, 2.24) is 4.90 Å². The molecule has 8 nitrogen and oxygen atoms in total. The summed E-state index contributed by atoms with van der Waals surface area (Å²) in [5.41, 5.74) is 1.53. The van der Waals surface area contributed by atoms with Gasteiger partial charge in [-0.25, -0.2) is 0 Å². The van der Waals surface area contributed by atoms with Gasteiger partial charge in [-0.2, -0.15) is 0 Å². The molecule has 8 heteroatoms. The molecule has 2 aliphatic heterocycles. The van der Waals surface area contributed by atoms with E-state index in [1.807, 2.05) is 11.0 Å². The van der Waals surface area contributed by atoms with E-state index in [0.717, 1.165) is 38.2 Å². The number of hydrogen-bond acceptors (Lipinski definition) is 6. The van der Waals surface area contributed by atoms with Crippen molar-refractivity contribution in [3.05, 3.63) is 28.3 Å². The molecule has 3 rings (SSSR count). The van der Waals surface area contributed by atoms with Gasteiger partial charge in [-0.1, -0.05) is 0 Å². The lowest BCUT2D eigenvalue weighted by molar-refractivity contribution is -0.383. The number of amides is 1. The molecule has 1 atom stereocenters. The summed E-state index contributed by atoms with van der Waals surface area (Å²) in [6, 6.07) is 5.15. The minimum absolute atomic E-state index is 0.0733. The van der Waals surface area contributed by atoms with Crippen molar-refractivity contribution < 1.29 is 14.5 Å². The summed E-state index contributed by atoms with van der Waals surface area (Å²) in [5, 5.41) is 14.5. The van der Waals surface area contributed by atoms with Crippen LogP contribution in [-0.4, -0.2) is 61.2 Å². The smallest absolute Gasteiger partial charge is 0.292 e. The fourth-order valence-corrected chi connectivity index (χ4v) is 3.33. The van der Waals surface area contributed by atoms with Crippen molar-refractivity contribution in [2.45, 2.75) is 25.9 Å². The van der Waals surface area contributed by atoms with Crippen molar-refractivity contribution in [3.8, 4) is 0 Å². The Bertz CT molecular complexity index is 638. The summed E-state index contributed by atoms with van der Waals surface area (Å²) < 4.78 is 5.58. The van der Waals surface area contributed by atoms with Crippen LogP contribution in [0.4, 0.5) is 17.1 Å². The summed E-state index contributed by atoms with van der Waals surface area (Å²) in [4.78, 5) is 26.3. The Balaban J connectivity index is 1.71. The molecule has 0 saturated carbocycles. The molecule has 0 spiro atoms. The van der Waals surface area contributed by atoms with E-state index < -0.39 is 0 Å². The van der Waals surface area contributed by atoms with Crippen LogP contribution >= 0.6 is 0 Å². The van der Waals surface area contributed by atoms with Crippen molar-refractivity contribution in [2.24, 2.45) is 0 Å². The molecule has 0 bridgehead atoms. The Labute approximate surface area is 146 Å². The van der Waals surface area contributed by atoms with E-state index in [2.05, 4.69) is 10.2 Å². The van der Waals surface area contributed by atoms with E-state index in [-0.39, 0.29) is 22.6 Å². The lowest BCUT2D eigenvalue weighted by Crippen LogP contribution is -2.48. The first-order valence-electron chi connectivity index (χ1n) is 8.69. The highest BCUT2D eigenvalue weighted by atomic mass is 16.6. The first-order valence-corrected chi connectivity index (χ1v) is 8.69. The van der Waals surface area contributed by atoms with E-state index in [1.54, 1.807) is 19.1 Å². The third-order valence-electron chi connectivity index (χ3n) is 4.81. The van der Waals surface area contributed by atoms with Gasteiger partial charge in [0, 0.05) is 58.0 Å². The Morgan fingerprint density at radius 2 is 2.12 bits per heavy atom. The Hall–Kier alpha value is -2.35. The van der Waals surface area contributed by atoms with Crippen molar-refractivity contribution >= 4 is 23.0 Å². The molecule has 1 N–H and O–H groups in total. The minimum atomic E-state index is -0.366. The number of carbonyl (C=O) groups is 1. The molecule has 1 unspecified atom stereocenters. The third kappa shape index (κ3) is 4.19. The first kappa shape index (κ1) is 17.5. The first-order chi connectivity index (χ1) is 12.0. The van der Waals surface area contributed by atoms with Gasteiger partial charge in [-0.05, 0) is 25.0 Å². The van der Waals surface area contributed by atoms with Gasteiger partial charge in [0.1, 0.15) is 5.69 Å². The molecule has 0 aromatic heterocycles. The molecule has 2 saturated heterocycles. The number of benzene rings is 1. The average molecular weight is 348 g/mol. The number of piperazine rings is 1. The van der Waals surface area contributed by atoms with Gasteiger partial charge in [-0.15, -0.1) is 0 Å². The minimum Gasteiger partial charge on any atom is -0.377 e. The lowest BCUT2D eigenvalue weighted by atomic mass is 10.2. The standard InChI is InChI=1S/C17H24N4O4/c1-13(22)19-6-8-20(9-7-19)14-4-5-17(21(23)24)16(11-14)18-12-15-3-2-10-25-15/h4-5,11,15,18H,2-3,6-10,12H2,1H3. The fraction of sp³-hybridized carbons (Fsp3) is 0.588. The Morgan fingerprint density at radius 1 is 1.36 bits per heavy atom. The largest absolute Gasteiger partial charge is 0.377 e. The molecular weight excluding hydrogens is 324 g/mol. The van der Waals surface area contributed by atoms with E-state index in [9.17, 15) is 14.9 Å². The number of nitro groups is 1. The zero-order chi connectivity index (χ0) is 17.8. The van der Waals surface area contributed by atoms with Gasteiger partial charge in [-0.3, -0.25) is 14.9 Å². The molecule has 2 heterocycles. The van der Waals surface area contributed by atoms with Crippen LogP contribution in [0.25, 0.3) is 0 Å². The van der Waals surface area contributed by atoms with Crippen LogP contribution in [0.15, 0.2) is 18.2 Å². The van der Waals surface area contributed by atoms with Gasteiger partial charge >= 0.3 is 0 Å². The zero-order valence-electron chi connectivity index (χ0n) is 14.4. The molecule has 0 aliphatic carbocycles. The number of hydrogen-bond donors (Lipinski definition) is 1. The molecule has 1 amide bonds. The number of rotatable bonds is 5. The molecule has 1 aromatic carbocycles. The number of anilines is 2. The quantitative estimate of drug-likeness (QED) is 0.645. The monoisotopic (exact) mass is 348 g/mol. The van der Waals surface area contributed by atoms with Gasteiger partial charge in [0.15, 0.2) is 0 Å². The van der Waals surface area contributed by atoms with Crippen LogP contribution in [0.5, 0.6) is 0 Å². The maximum absolute atomic E-state index is 11.4. The van der Waals surface area contributed by atoms with Crippen LogP contribution in [-0.2, 0) is 9.53 Å². The van der Waals surface area contributed by atoms with E-state index in [1.165, 1.54) is 0 Å². The predicted octanol–water partition coefficient (Wildman–Crippen LogP) is 1.85. The maximum atomic E-state index is 11.4. The second-order valence-electron chi connectivity index (χ2n) is 6.47. The molecule has 2 aliphatic rings. The topological polar surface area (TPSA) is 88.0 Å². The van der Waals surface area contributed by atoms with E-state index in [4.69, 9.17) is 4.74 Å². The number of ether oxygens (including phenoxy) is 1. The average Bonchev–Trinajstić information content (AvgIpc) is 3.13. The third-order valence-corrected chi connectivity index (χ3v) is 4.81. The lowest BCUT2D eigenvalue weighted by Gasteiger charge is -2.35. The van der Waals surface area contributed by atoms with E-state index >= 15 is 0 Å². The highest BCUT2D eigenvalue weighted by Gasteiger charge is 2.22. The van der Waals surface area contributed by atoms with Gasteiger partial charge in [0.25, 0.3) is 5.69 Å². The number of nitrogens with zero attached hydrogens (tertiary/aromatic N) is 3. The second-order valence-corrected chi connectivity index (χ2v) is 6.47. The SMILES string of the molecule is CC(=O)N1CCN(c2ccc([N+](=O)[O-])c(NCC3CCCO3)c2)CC1. The summed E-state index contributed by atoms with van der Waals surface area (Å²) in [6.07, 6.45) is 2.13. The van der Waals surface area contributed by atoms with Crippen LogP contribution < -0.4 is 10.2 Å². The Morgan fingerprint density at radius 3 is 2.72 bits per heavy atom. The predicted molar refractivity (Wildman–Crippen MR) is 95.0 cm³/mol.